The minimum Gasteiger partial charge on any atom is -0.481 e. The molecular weight excluding hydrogens is 260 g/mol. The summed E-state index contributed by atoms with van der Waals surface area (Å²) in [5.74, 6) is -0.529. The lowest BCUT2D eigenvalue weighted by atomic mass is 9.82. The first-order valence-electron chi connectivity index (χ1n) is 7.50. The van der Waals surface area contributed by atoms with Gasteiger partial charge in [0.2, 0.25) is 0 Å². The van der Waals surface area contributed by atoms with Crippen LogP contribution in [0.3, 0.4) is 0 Å². The summed E-state index contributed by atoms with van der Waals surface area (Å²) in [5, 5.41) is 21.4. The molecule has 6 heteroatoms. The first-order chi connectivity index (χ1) is 9.56. The molecule has 1 saturated carbocycles. The molecule has 6 nitrogen and oxygen atoms in total. The van der Waals surface area contributed by atoms with Crippen molar-refractivity contribution in [1.29, 1.82) is 0 Å². The van der Waals surface area contributed by atoms with Crippen LogP contribution < -0.4 is 5.32 Å². The number of aliphatic hydroxyl groups is 1. The number of urea groups is 1. The second kappa shape index (κ2) is 6.92. The van der Waals surface area contributed by atoms with Crippen LogP contribution in [-0.4, -0.2) is 52.9 Å². The van der Waals surface area contributed by atoms with Crippen LogP contribution in [0.2, 0.25) is 0 Å². The third-order valence-electron chi connectivity index (χ3n) is 4.42. The lowest BCUT2D eigenvalue weighted by Gasteiger charge is -2.31. The highest BCUT2D eigenvalue weighted by Gasteiger charge is 2.27. The van der Waals surface area contributed by atoms with Crippen molar-refractivity contribution in [2.75, 3.05) is 19.6 Å². The number of nitrogens with zero attached hydrogens (tertiary/aromatic N) is 1. The highest BCUT2D eigenvalue weighted by atomic mass is 16.4. The Balaban J connectivity index is 1.68. The molecular formula is C14H24N2O4. The van der Waals surface area contributed by atoms with Gasteiger partial charge < -0.3 is 20.4 Å². The van der Waals surface area contributed by atoms with Gasteiger partial charge in [-0.05, 0) is 44.4 Å². The molecule has 0 radical (unpaired) electrons. The topological polar surface area (TPSA) is 89.9 Å². The van der Waals surface area contributed by atoms with Gasteiger partial charge in [-0.15, -0.1) is 0 Å². The molecule has 1 aliphatic carbocycles. The molecule has 2 aliphatic rings. The maximum atomic E-state index is 12.0. The van der Waals surface area contributed by atoms with E-state index in [4.69, 9.17) is 5.11 Å². The van der Waals surface area contributed by atoms with Crippen LogP contribution in [0.4, 0.5) is 4.79 Å². The summed E-state index contributed by atoms with van der Waals surface area (Å²) in [6.45, 7) is 1.73. The molecule has 20 heavy (non-hydrogen) atoms. The number of nitrogens with one attached hydrogen (secondary N) is 1. The van der Waals surface area contributed by atoms with Gasteiger partial charge in [0.25, 0.3) is 0 Å². The maximum Gasteiger partial charge on any atom is 0.317 e. The van der Waals surface area contributed by atoms with Crippen molar-refractivity contribution in [3.8, 4) is 0 Å². The van der Waals surface area contributed by atoms with Crippen LogP contribution in [-0.2, 0) is 4.79 Å². The van der Waals surface area contributed by atoms with Crippen molar-refractivity contribution in [3.63, 3.8) is 0 Å². The predicted molar refractivity (Wildman–Crippen MR) is 73.3 cm³/mol. The van der Waals surface area contributed by atoms with Gasteiger partial charge in [-0.25, -0.2) is 4.79 Å². The molecule has 1 aliphatic heterocycles. The molecule has 114 valence electrons. The van der Waals surface area contributed by atoms with Crippen LogP contribution >= 0.6 is 0 Å². The van der Waals surface area contributed by atoms with Crippen molar-refractivity contribution in [2.45, 2.75) is 44.6 Å². The van der Waals surface area contributed by atoms with Crippen molar-refractivity contribution in [2.24, 2.45) is 11.8 Å². The number of piperidine rings is 1. The highest BCUT2D eigenvalue weighted by Crippen LogP contribution is 2.28. The standard InChI is InChI=1S/C14H24N2O4/c17-12-2-1-7-16(9-12)14(20)15-8-10-3-5-11(6-4-10)13(18)19/h10-12,17H,1-9H2,(H,15,20)(H,18,19). The fourth-order valence-electron chi connectivity index (χ4n) is 3.10. The van der Waals surface area contributed by atoms with Gasteiger partial charge in [0.15, 0.2) is 0 Å². The van der Waals surface area contributed by atoms with Gasteiger partial charge in [0.05, 0.1) is 12.0 Å². The number of carboxylic acids is 1. The number of aliphatic carboxylic acids is 1. The molecule has 0 aromatic carbocycles. The number of hydrogen-bond donors (Lipinski definition) is 3. The maximum absolute atomic E-state index is 12.0. The second-order valence-corrected chi connectivity index (χ2v) is 5.98. The summed E-state index contributed by atoms with van der Waals surface area (Å²) in [6, 6.07) is -0.107. The first kappa shape index (κ1) is 15.1. The number of carbonyl (C=O) groups is 2. The number of carboxylic acid groups (broad SMARTS) is 1. The summed E-state index contributed by atoms with van der Waals surface area (Å²) in [5.41, 5.74) is 0. The molecule has 0 bridgehead atoms. The number of amides is 2. The van der Waals surface area contributed by atoms with E-state index < -0.39 is 12.1 Å². The molecule has 1 atom stereocenters. The van der Waals surface area contributed by atoms with E-state index in [1.54, 1.807) is 4.90 Å². The zero-order valence-corrected chi connectivity index (χ0v) is 11.8. The zero-order chi connectivity index (χ0) is 14.5. The summed E-state index contributed by atoms with van der Waals surface area (Å²) in [7, 11) is 0. The molecule has 2 fully saturated rings. The fraction of sp³-hybridized carbons (Fsp3) is 0.857. The number of likely N-dealkylation sites (tertiary alicyclic amines) is 1. The normalized spacial score (nSPS) is 30.9. The largest absolute Gasteiger partial charge is 0.481 e. The Bertz CT molecular complexity index is 353. The van der Waals surface area contributed by atoms with E-state index in [1.165, 1.54) is 0 Å². The lowest BCUT2D eigenvalue weighted by molar-refractivity contribution is -0.143. The number of aliphatic hydroxyl groups excluding tert-OH is 1. The van der Waals surface area contributed by atoms with E-state index in [0.29, 0.717) is 38.4 Å². The minimum absolute atomic E-state index is 0.107. The molecule has 0 aromatic rings. The lowest BCUT2D eigenvalue weighted by Crippen LogP contribution is -2.48. The van der Waals surface area contributed by atoms with Crippen LogP contribution in [0.15, 0.2) is 0 Å². The Morgan fingerprint density at radius 2 is 1.85 bits per heavy atom. The quantitative estimate of drug-likeness (QED) is 0.722. The third-order valence-corrected chi connectivity index (χ3v) is 4.42. The SMILES string of the molecule is O=C(O)C1CCC(CNC(=O)N2CCCC(O)C2)CC1. The van der Waals surface area contributed by atoms with Crippen LogP contribution in [0.1, 0.15) is 38.5 Å². The van der Waals surface area contributed by atoms with Gasteiger partial charge in [0.1, 0.15) is 0 Å². The monoisotopic (exact) mass is 284 g/mol. The predicted octanol–water partition coefficient (Wildman–Crippen LogP) is 1.04. The zero-order valence-electron chi connectivity index (χ0n) is 11.8. The summed E-state index contributed by atoms with van der Waals surface area (Å²) in [6.07, 6.45) is 4.35. The number of rotatable bonds is 3. The fourth-order valence-corrected chi connectivity index (χ4v) is 3.10. The molecule has 0 spiro atoms. The number of β-amino-alcohol motifs (C(OH)–C–C–N with tert-alkyl or cyclic N) is 1. The van der Waals surface area contributed by atoms with Crippen LogP contribution in [0, 0.1) is 11.8 Å². The average molecular weight is 284 g/mol. The van der Waals surface area contributed by atoms with Gasteiger partial charge in [-0.3, -0.25) is 4.79 Å². The Hall–Kier alpha value is -1.30. The Labute approximate surface area is 119 Å². The van der Waals surface area contributed by atoms with E-state index in [-0.39, 0.29) is 11.9 Å². The summed E-state index contributed by atoms with van der Waals surface area (Å²) < 4.78 is 0. The van der Waals surface area contributed by atoms with E-state index >= 15 is 0 Å². The van der Waals surface area contributed by atoms with Gasteiger partial charge in [0, 0.05) is 19.6 Å². The summed E-state index contributed by atoms with van der Waals surface area (Å²) in [4.78, 5) is 24.5. The molecule has 0 aromatic heterocycles. The molecule has 2 amide bonds. The first-order valence-corrected chi connectivity index (χ1v) is 7.50. The number of hydrogen-bond acceptors (Lipinski definition) is 3. The van der Waals surface area contributed by atoms with Gasteiger partial charge >= 0.3 is 12.0 Å². The second-order valence-electron chi connectivity index (χ2n) is 5.98. The molecule has 1 unspecified atom stereocenters. The van der Waals surface area contributed by atoms with E-state index in [0.717, 1.165) is 25.7 Å². The Morgan fingerprint density at radius 1 is 1.15 bits per heavy atom. The number of carbonyl (C=O) groups excluding carboxylic acids is 1. The summed E-state index contributed by atoms with van der Waals surface area (Å²) >= 11 is 0. The van der Waals surface area contributed by atoms with Crippen molar-refractivity contribution in [1.82, 2.24) is 10.2 Å². The Morgan fingerprint density at radius 3 is 2.45 bits per heavy atom. The molecule has 1 saturated heterocycles. The van der Waals surface area contributed by atoms with E-state index in [1.807, 2.05) is 0 Å². The highest BCUT2D eigenvalue weighted by molar-refractivity contribution is 5.74. The van der Waals surface area contributed by atoms with Gasteiger partial charge in [-0.1, -0.05) is 0 Å². The van der Waals surface area contributed by atoms with E-state index in [9.17, 15) is 14.7 Å². The van der Waals surface area contributed by atoms with Crippen LogP contribution in [0.5, 0.6) is 0 Å². The van der Waals surface area contributed by atoms with Crippen LogP contribution in [0.25, 0.3) is 0 Å². The molecule has 1 heterocycles. The van der Waals surface area contributed by atoms with Crippen molar-refractivity contribution in [3.05, 3.63) is 0 Å². The molecule has 3 N–H and O–H groups in total. The van der Waals surface area contributed by atoms with E-state index in [2.05, 4.69) is 5.32 Å². The Kier molecular flexibility index (Phi) is 5.23. The van der Waals surface area contributed by atoms with Crippen molar-refractivity contribution >= 4 is 12.0 Å². The van der Waals surface area contributed by atoms with Gasteiger partial charge in [-0.2, -0.15) is 0 Å². The average Bonchev–Trinajstić information content (AvgIpc) is 2.45. The minimum atomic E-state index is -0.699. The smallest absolute Gasteiger partial charge is 0.317 e. The molecule has 2 rings (SSSR count). The third kappa shape index (κ3) is 4.10. The van der Waals surface area contributed by atoms with Crippen molar-refractivity contribution < 1.29 is 19.8 Å².